The van der Waals surface area contributed by atoms with Gasteiger partial charge in [-0.3, -0.25) is 4.68 Å². The van der Waals surface area contributed by atoms with Crippen molar-refractivity contribution in [3.8, 4) is 17.0 Å². The van der Waals surface area contributed by atoms with Gasteiger partial charge in [0, 0.05) is 24.3 Å². The highest BCUT2D eigenvalue weighted by Gasteiger charge is 2.29. The van der Waals surface area contributed by atoms with Gasteiger partial charge in [0.15, 0.2) is 5.60 Å². The third-order valence-corrected chi connectivity index (χ3v) is 6.64. The first kappa shape index (κ1) is 23.4. The van der Waals surface area contributed by atoms with Crippen molar-refractivity contribution in [2.24, 2.45) is 0 Å². The fourth-order valence-electron chi connectivity index (χ4n) is 4.39. The molecule has 7 nitrogen and oxygen atoms in total. The zero-order valence-electron chi connectivity index (χ0n) is 20.4. The summed E-state index contributed by atoms with van der Waals surface area (Å²) in [5.41, 5.74) is 3.84. The lowest BCUT2D eigenvalue weighted by Crippen LogP contribution is -2.34. The van der Waals surface area contributed by atoms with Crippen LogP contribution >= 0.6 is 0 Å². The molecule has 1 aliphatic carbocycles. The maximum Gasteiger partial charge on any atom is 0.335 e. The average molecular weight is 476 g/mol. The van der Waals surface area contributed by atoms with Crippen LogP contribution in [0.4, 0.5) is 5.69 Å². The number of para-hydroxylation sites is 1. The second kappa shape index (κ2) is 9.74. The van der Waals surface area contributed by atoms with Gasteiger partial charge in [-0.25, -0.2) is 4.79 Å². The minimum atomic E-state index is -1.29. The number of benzene rings is 2. The molecule has 7 heteroatoms. The molecule has 2 fully saturated rings. The van der Waals surface area contributed by atoms with Gasteiger partial charge in [-0.05, 0) is 69.4 Å². The summed E-state index contributed by atoms with van der Waals surface area (Å²) in [4.78, 5) is 13.9. The molecule has 1 aromatic heterocycles. The van der Waals surface area contributed by atoms with Crippen LogP contribution < -0.4 is 9.64 Å². The molecule has 1 saturated heterocycles. The Bertz CT molecular complexity index is 1190. The van der Waals surface area contributed by atoms with E-state index in [1.807, 2.05) is 22.9 Å². The number of carboxylic acids is 1. The van der Waals surface area contributed by atoms with E-state index >= 15 is 0 Å². The van der Waals surface area contributed by atoms with E-state index in [0.717, 1.165) is 42.9 Å². The van der Waals surface area contributed by atoms with E-state index in [9.17, 15) is 9.90 Å². The summed E-state index contributed by atoms with van der Waals surface area (Å²) >= 11 is 0. The Morgan fingerprint density at radius 1 is 1.09 bits per heavy atom. The van der Waals surface area contributed by atoms with Crippen LogP contribution in [0.2, 0.25) is 0 Å². The summed E-state index contributed by atoms with van der Waals surface area (Å²) in [5.74, 6) is -0.137. The standard InChI is InChI=1S/C28H33N3O4/c1-28(2,27(32)33)34-19-22-17-26(20-9-7-10-24(16-20)35-23-12-13-23)31(29-22)18-21-8-3-4-11-25(21)30-14-5-6-15-30/h3-4,7-11,16-17,23H,5-6,12-15,18-19H2,1-2H3,(H,32,33). The molecule has 2 aliphatic rings. The first-order chi connectivity index (χ1) is 16.9. The van der Waals surface area contributed by atoms with Gasteiger partial charge in [0.1, 0.15) is 5.75 Å². The van der Waals surface area contributed by atoms with Gasteiger partial charge in [-0.1, -0.05) is 30.3 Å². The molecule has 1 saturated carbocycles. The maximum absolute atomic E-state index is 11.5. The molecule has 0 amide bonds. The number of hydrogen-bond acceptors (Lipinski definition) is 5. The summed E-state index contributed by atoms with van der Waals surface area (Å²) in [6.07, 6.45) is 4.98. The highest BCUT2D eigenvalue weighted by atomic mass is 16.5. The fraction of sp³-hybridized carbons (Fsp3) is 0.429. The molecule has 0 spiro atoms. The number of aromatic nitrogens is 2. The van der Waals surface area contributed by atoms with E-state index in [4.69, 9.17) is 14.6 Å². The van der Waals surface area contributed by atoms with E-state index in [-0.39, 0.29) is 6.61 Å². The lowest BCUT2D eigenvalue weighted by molar-refractivity contribution is -0.162. The predicted molar refractivity (Wildman–Crippen MR) is 135 cm³/mol. The van der Waals surface area contributed by atoms with Crippen LogP contribution in [0.1, 0.15) is 50.8 Å². The third-order valence-electron chi connectivity index (χ3n) is 6.64. The first-order valence-electron chi connectivity index (χ1n) is 12.4. The van der Waals surface area contributed by atoms with Gasteiger partial charge in [-0.15, -0.1) is 0 Å². The predicted octanol–water partition coefficient (Wildman–Crippen LogP) is 5.12. The zero-order valence-corrected chi connectivity index (χ0v) is 20.4. The van der Waals surface area contributed by atoms with Crippen molar-refractivity contribution in [1.29, 1.82) is 0 Å². The van der Waals surface area contributed by atoms with Crippen LogP contribution in [-0.4, -0.2) is 45.7 Å². The Balaban J connectivity index is 1.47. The average Bonchev–Trinajstić information content (AvgIpc) is 3.32. The second-order valence-electron chi connectivity index (χ2n) is 9.95. The van der Waals surface area contributed by atoms with Crippen molar-refractivity contribution in [1.82, 2.24) is 9.78 Å². The van der Waals surface area contributed by atoms with E-state index in [0.29, 0.717) is 18.3 Å². The number of rotatable bonds is 10. The number of carbonyl (C=O) groups is 1. The SMILES string of the molecule is CC(C)(OCc1cc(-c2cccc(OC3CC3)c2)n(Cc2ccccc2N2CCCC2)n1)C(=O)O. The van der Waals surface area contributed by atoms with Crippen molar-refractivity contribution >= 4 is 11.7 Å². The molecule has 2 heterocycles. The molecule has 184 valence electrons. The fourth-order valence-corrected chi connectivity index (χ4v) is 4.39. The van der Waals surface area contributed by atoms with E-state index in [2.05, 4.69) is 41.3 Å². The lowest BCUT2D eigenvalue weighted by Gasteiger charge is -2.22. The monoisotopic (exact) mass is 475 g/mol. The Morgan fingerprint density at radius 2 is 1.86 bits per heavy atom. The van der Waals surface area contributed by atoms with Crippen molar-refractivity contribution < 1.29 is 19.4 Å². The third kappa shape index (κ3) is 5.51. The lowest BCUT2D eigenvalue weighted by atomic mass is 10.1. The van der Waals surface area contributed by atoms with Crippen LogP contribution in [0.5, 0.6) is 5.75 Å². The Hall–Kier alpha value is -3.32. The van der Waals surface area contributed by atoms with Crippen molar-refractivity contribution in [2.75, 3.05) is 18.0 Å². The molecule has 0 unspecified atom stereocenters. The van der Waals surface area contributed by atoms with Crippen LogP contribution in [-0.2, 0) is 22.7 Å². The molecule has 1 aliphatic heterocycles. The number of nitrogens with zero attached hydrogens (tertiary/aromatic N) is 3. The molecule has 2 aromatic carbocycles. The van der Waals surface area contributed by atoms with E-state index < -0.39 is 11.6 Å². The molecule has 0 atom stereocenters. The maximum atomic E-state index is 11.5. The van der Waals surface area contributed by atoms with Crippen LogP contribution in [0.3, 0.4) is 0 Å². The summed E-state index contributed by atoms with van der Waals surface area (Å²) in [6.45, 7) is 5.99. The van der Waals surface area contributed by atoms with Crippen LogP contribution in [0, 0.1) is 0 Å². The molecular weight excluding hydrogens is 442 g/mol. The largest absolute Gasteiger partial charge is 0.490 e. The van der Waals surface area contributed by atoms with Gasteiger partial charge >= 0.3 is 5.97 Å². The quantitative estimate of drug-likeness (QED) is 0.439. The highest BCUT2D eigenvalue weighted by Crippen LogP contribution is 2.32. The normalized spacial score (nSPS) is 16.0. The molecule has 0 radical (unpaired) electrons. The highest BCUT2D eigenvalue weighted by molar-refractivity contribution is 5.76. The number of hydrogen-bond donors (Lipinski definition) is 1. The Kier molecular flexibility index (Phi) is 6.52. The zero-order chi connectivity index (χ0) is 24.4. The summed E-state index contributed by atoms with van der Waals surface area (Å²) in [5, 5.41) is 14.3. The summed E-state index contributed by atoms with van der Waals surface area (Å²) in [7, 11) is 0. The molecule has 0 bridgehead atoms. The van der Waals surface area contributed by atoms with Gasteiger partial charge in [0.25, 0.3) is 0 Å². The minimum absolute atomic E-state index is 0.116. The molecule has 35 heavy (non-hydrogen) atoms. The first-order valence-corrected chi connectivity index (χ1v) is 12.4. The van der Waals surface area contributed by atoms with E-state index in [1.165, 1.54) is 24.1 Å². The van der Waals surface area contributed by atoms with Crippen molar-refractivity contribution in [3.63, 3.8) is 0 Å². The van der Waals surface area contributed by atoms with Gasteiger partial charge in [0.05, 0.1) is 30.6 Å². The molecule has 5 rings (SSSR count). The summed E-state index contributed by atoms with van der Waals surface area (Å²) < 4.78 is 13.7. The molecule has 1 N–H and O–H groups in total. The smallest absolute Gasteiger partial charge is 0.335 e. The van der Waals surface area contributed by atoms with Crippen LogP contribution in [0.25, 0.3) is 11.3 Å². The Morgan fingerprint density at radius 3 is 2.60 bits per heavy atom. The van der Waals surface area contributed by atoms with Gasteiger partial charge < -0.3 is 19.5 Å². The van der Waals surface area contributed by atoms with Gasteiger partial charge in [-0.2, -0.15) is 5.10 Å². The van der Waals surface area contributed by atoms with E-state index in [1.54, 1.807) is 13.8 Å². The second-order valence-corrected chi connectivity index (χ2v) is 9.95. The molecule has 3 aromatic rings. The van der Waals surface area contributed by atoms with Crippen molar-refractivity contribution in [3.05, 3.63) is 65.9 Å². The number of ether oxygens (including phenoxy) is 2. The molecular formula is C28H33N3O4. The van der Waals surface area contributed by atoms with Crippen LogP contribution in [0.15, 0.2) is 54.6 Å². The topological polar surface area (TPSA) is 76.8 Å². The number of carboxylic acid groups (broad SMARTS) is 1. The summed E-state index contributed by atoms with van der Waals surface area (Å²) in [6, 6.07) is 18.6. The Labute approximate surface area is 206 Å². The number of anilines is 1. The van der Waals surface area contributed by atoms with Crippen molar-refractivity contribution in [2.45, 2.75) is 64.4 Å². The van der Waals surface area contributed by atoms with Gasteiger partial charge in [0.2, 0.25) is 0 Å². The minimum Gasteiger partial charge on any atom is -0.490 e. The number of aliphatic carboxylic acids is 1.